The summed E-state index contributed by atoms with van der Waals surface area (Å²) in [6.07, 6.45) is 15.0. The van der Waals surface area contributed by atoms with Crippen LogP contribution in [0, 0.1) is 0 Å². The predicted molar refractivity (Wildman–Crippen MR) is 114 cm³/mol. The van der Waals surface area contributed by atoms with Gasteiger partial charge in [0.05, 0.1) is 12.2 Å². The highest BCUT2D eigenvalue weighted by Gasteiger charge is 2.42. The van der Waals surface area contributed by atoms with Crippen molar-refractivity contribution in [2.24, 2.45) is 0 Å². The fourth-order valence-electron chi connectivity index (χ4n) is 5.75. The number of piperidine rings is 1. The molecule has 1 saturated heterocycles. The van der Waals surface area contributed by atoms with E-state index in [2.05, 4.69) is 46.6 Å². The normalized spacial score (nSPS) is 26.9. The molecule has 1 aromatic rings. The first-order chi connectivity index (χ1) is 13.8. The van der Waals surface area contributed by atoms with Crippen LogP contribution in [0.2, 0.25) is 0 Å². The Hall–Kier alpha value is -1.42. The first kappa shape index (κ1) is 18.6. The van der Waals surface area contributed by atoms with Crippen molar-refractivity contribution in [3.63, 3.8) is 0 Å². The molecule has 1 aromatic carbocycles. The van der Waals surface area contributed by atoms with Gasteiger partial charge in [0.15, 0.2) is 0 Å². The monoisotopic (exact) mass is 378 g/mol. The van der Waals surface area contributed by atoms with E-state index >= 15 is 0 Å². The molecule has 0 amide bonds. The minimum atomic E-state index is -0.00521. The van der Waals surface area contributed by atoms with E-state index in [1.807, 2.05) is 0 Å². The largest absolute Gasteiger partial charge is 0.365 e. The zero-order valence-electron chi connectivity index (χ0n) is 17.1. The maximum Gasteiger partial charge on any atom is 0.0963 e. The lowest BCUT2D eigenvalue weighted by Crippen LogP contribution is -2.45. The van der Waals surface area contributed by atoms with Crippen molar-refractivity contribution in [2.45, 2.75) is 69.6 Å². The molecule has 3 heteroatoms. The van der Waals surface area contributed by atoms with Gasteiger partial charge in [0.2, 0.25) is 0 Å². The van der Waals surface area contributed by atoms with Crippen molar-refractivity contribution >= 4 is 0 Å². The van der Waals surface area contributed by atoms with Crippen LogP contribution >= 0.6 is 0 Å². The highest BCUT2D eigenvalue weighted by atomic mass is 16.5. The van der Waals surface area contributed by atoms with Gasteiger partial charge in [0.25, 0.3) is 0 Å². The van der Waals surface area contributed by atoms with E-state index in [-0.39, 0.29) is 5.60 Å². The van der Waals surface area contributed by atoms with Crippen LogP contribution in [0.15, 0.2) is 47.6 Å². The molecule has 4 aliphatic rings. The van der Waals surface area contributed by atoms with Crippen LogP contribution in [0.4, 0.5) is 0 Å². The number of likely N-dealkylation sites (tertiary alicyclic amines) is 1. The van der Waals surface area contributed by atoms with E-state index in [9.17, 15) is 0 Å². The molecule has 1 unspecified atom stereocenters. The Morgan fingerprint density at radius 2 is 1.93 bits per heavy atom. The third-order valence-electron chi connectivity index (χ3n) is 7.41. The molecule has 3 nitrogen and oxygen atoms in total. The third-order valence-corrected chi connectivity index (χ3v) is 7.41. The number of nitrogens with one attached hydrogen (secondary N) is 1. The minimum absolute atomic E-state index is 0.00521. The van der Waals surface area contributed by atoms with Gasteiger partial charge in [-0.1, -0.05) is 42.8 Å². The van der Waals surface area contributed by atoms with E-state index in [0.717, 1.165) is 45.6 Å². The maximum absolute atomic E-state index is 6.31. The summed E-state index contributed by atoms with van der Waals surface area (Å²) in [4.78, 5) is 2.63. The molecule has 2 aliphatic carbocycles. The molecule has 0 aromatic heterocycles. The van der Waals surface area contributed by atoms with Crippen molar-refractivity contribution in [2.75, 3.05) is 26.2 Å². The van der Waals surface area contributed by atoms with Crippen LogP contribution in [0.5, 0.6) is 0 Å². The number of allylic oxidation sites excluding steroid dienone is 2. The average molecular weight is 379 g/mol. The number of fused-ring (bicyclic) bond motifs is 2. The molecule has 5 rings (SSSR count). The summed E-state index contributed by atoms with van der Waals surface area (Å²) in [5.74, 6) is 0. The van der Waals surface area contributed by atoms with E-state index in [0.29, 0.717) is 6.04 Å². The number of nitrogens with zero attached hydrogens (tertiary/aromatic N) is 1. The van der Waals surface area contributed by atoms with E-state index in [4.69, 9.17) is 4.74 Å². The molecule has 0 radical (unpaired) electrons. The average Bonchev–Trinajstić information content (AvgIpc) is 2.92. The van der Waals surface area contributed by atoms with Gasteiger partial charge in [0, 0.05) is 32.2 Å². The van der Waals surface area contributed by atoms with Gasteiger partial charge in [-0.05, 0) is 67.2 Å². The fourth-order valence-corrected chi connectivity index (χ4v) is 5.75. The highest BCUT2D eigenvalue weighted by Crippen LogP contribution is 2.43. The molecule has 2 heterocycles. The lowest BCUT2D eigenvalue weighted by Gasteiger charge is -2.39. The Morgan fingerprint density at radius 3 is 2.86 bits per heavy atom. The topological polar surface area (TPSA) is 24.5 Å². The van der Waals surface area contributed by atoms with Crippen LogP contribution in [0.3, 0.4) is 0 Å². The summed E-state index contributed by atoms with van der Waals surface area (Å²) >= 11 is 0. The molecular formula is C25H34N2O. The van der Waals surface area contributed by atoms with Crippen molar-refractivity contribution in [3.8, 4) is 0 Å². The first-order valence-electron chi connectivity index (χ1n) is 11.4. The van der Waals surface area contributed by atoms with Gasteiger partial charge >= 0.3 is 0 Å². The van der Waals surface area contributed by atoms with E-state index in [1.54, 1.807) is 11.1 Å². The van der Waals surface area contributed by atoms with Gasteiger partial charge in [0.1, 0.15) is 0 Å². The summed E-state index contributed by atoms with van der Waals surface area (Å²) in [6.45, 7) is 5.34. The lowest BCUT2D eigenvalue weighted by atomic mass is 9.84. The zero-order valence-corrected chi connectivity index (χ0v) is 17.1. The summed E-state index contributed by atoms with van der Waals surface area (Å²) in [5, 5.41) is 3.89. The number of rotatable bonds is 4. The predicted octanol–water partition coefficient (Wildman–Crippen LogP) is 4.69. The Bertz CT molecular complexity index is 758. The molecule has 0 bridgehead atoms. The second-order valence-electron chi connectivity index (χ2n) is 9.04. The number of benzene rings is 1. The standard InChI is InChI=1S/C25H34N2O/c1-2-7-20-9-6-12-24(22(20)10-3-1)26-15-18-27-16-13-25(14-17-27)23-11-5-4-8-21(23)19-28-25/h4-6,8-9,11,24,26H,1-3,7,10,12-19H2. The minimum Gasteiger partial charge on any atom is -0.365 e. The van der Waals surface area contributed by atoms with Crippen LogP contribution in [-0.2, 0) is 16.9 Å². The van der Waals surface area contributed by atoms with Gasteiger partial charge < -0.3 is 15.0 Å². The van der Waals surface area contributed by atoms with Crippen molar-refractivity contribution in [1.29, 1.82) is 0 Å². The Morgan fingerprint density at radius 1 is 1.07 bits per heavy atom. The molecule has 1 spiro atoms. The summed E-state index contributed by atoms with van der Waals surface area (Å²) in [7, 11) is 0. The fraction of sp³-hybridized carbons (Fsp3) is 0.600. The van der Waals surface area contributed by atoms with Gasteiger partial charge in [-0.15, -0.1) is 0 Å². The van der Waals surface area contributed by atoms with Crippen LogP contribution in [0.1, 0.15) is 62.5 Å². The maximum atomic E-state index is 6.31. The van der Waals surface area contributed by atoms with Crippen molar-refractivity contribution in [3.05, 3.63) is 58.7 Å². The Balaban J connectivity index is 1.13. The Labute approximate surface area is 169 Å². The summed E-state index contributed by atoms with van der Waals surface area (Å²) in [6, 6.07) is 9.40. The molecule has 28 heavy (non-hydrogen) atoms. The first-order valence-corrected chi connectivity index (χ1v) is 11.4. The SMILES string of the molecule is C1=CC2=C(CCCCC2)C(NCCN2CCC3(CC2)OCc2ccccc23)C1. The number of ether oxygens (including phenoxy) is 1. The van der Waals surface area contributed by atoms with E-state index < -0.39 is 0 Å². The second kappa shape index (κ2) is 8.14. The van der Waals surface area contributed by atoms with Crippen LogP contribution in [-0.4, -0.2) is 37.1 Å². The molecule has 150 valence electrons. The molecular weight excluding hydrogens is 344 g/mol. The molecule has 2 aliphatic heterocycles. The molecule has 0 saturated carbocycles. The summed E-state index contributed by atoms with van der Waals surface area (Å²) in [5.41, 5.74) is 6.20. The van der Waals surface area contributed by atoms with Crippen molar-refractivity contribution in [1.82, 2.24) is 10.2 Å². The Kier molecular flexibility index (Phi) is 5.41. The van der Waals surface area contributed by atoms with Crippen LogP contribution in [0.25, 0.3) is 0 Å². The van der Waals surface area contributed by atoms with E-state index in [1.165, 1.54) is 49.7 Å². The zero-order chi connectivity index (χ0) is 18.8. The molecule has 1 atom stereocenters. The smallest absolute Gasteiger partial charge is 0.0963 e. The highest BCUT2D eigenvalue weighted by molar-refractivity contribution is 5.36. The van der Waals surface area contributed by atoms with Gasteiger partial charge in [-0.2, -0.15) is 0 Å². The molecule has 1 N–H and O–H groups in total. The number of hydrogen-bond acceptors (Lipinski definition) is 3. The number of hydrogen-bond donors (Lipinski definition) is 1. The van der Waals surface area contributed by atoms with Gasteiger partial charge in [-0.25, -0.2) is 0 Å². The molecule has 1 fully saturated rings. The summed E-state index contributed by atoms with van der Waals surface area (Å²) < 4.78 is 6.31. The lowest BCUT2D eigenvalue weighted by molar-refractivity contribution is -0.0785. The quantitative estimate of drug-likeness (QED) is 0.823. The van der Waals surface area contributed by atoms with Crippen LogP contribution < -0.4 is 5.32 Å². The van der Waals surface area contributed by atoms with Gasteiger partial charge in [-0.3, -0.25) is 0 Å². The third kappa shape index (κ3) is 3.60. The second-order valence-corrected chi connectivity index (χ2v) is 9.04. The van der Waals surface area contributed by atoms with Crippen molar-refractivity contribution < 1.29 is 4.74 Å².